The van der Waals surface area contributed by atoms with Crippen molar-refractivity contribution in [2.45, 2.75) is 20.8 Å². The zero-order valence-corrected chi connectivity index (χ0v) is 12.2. The molecule has 1 aromatic heterocycles. The van der Waals surface area contributed by atoms with Crippen molar-refractivity contribution in [3.05, 3.63) is 24.0 Å². The van der Waals surface area contributed by atoms with Gasteiger partial charge in [-0.2, -0.15) is 0 Å². The number of carbonyl (C=O) groups is 1. The number of nitrogen functional groups attached to an aromatic ring is 1. The van der Waals surface area contributed by atoms with E-state index >= 15 is 0 Å². The Labute approximate surface area is 120 Å². The van der Waals surface area contributed by atoms with Crippen LogP contribution in [0.5, 0.6) is 0 Å². The lowest BCUT2D eigenvalue weighted by Crippen LogP contribution is -2.27. The summed E-state index contributed by atoms with van der Waals surface area (Å²) in [6, 6.07) is 4.24. The third-order valence-electron chi connectivity index (χ3n) is 2.55. The summed E-state index contributed by atoms with van der Waals surface area (Å²) in [7, 11) is 0. The Morgan fingerprint density at radius 2 is 2.05 bits per heavy atom. The average molecular weight is 294 g/mol. The zero-order chi connectivity index (χ0) is 14.9. The molecular formula is C13H15FN4OS. The predicted molar refractivity (Wildman–Crippen MR) is 77.8 cm³/mol. The van der Waals surface area contributed by atoms with Gasteiger partial charge in [0.05, 0.1) is 5.56 Å². The standard InChI is InChI=1S/C13H15FN4OS/c1-13(2,3)11(19)16-12-18-17-10(20-12)8-6-7(15)4-5-9(8)14/h4-6H,15H2,1-3H3,(H,16,18,19). The lowest BCUT2D eigenvalue weighted by atomic mass is 9.96. The van der Waals surface area contributed by atoms with Gasteiger partial charge in [-0.3, -0.25) is 4.79 Å². The molecule has 0 saturated heterocycles. The summed E-state index contributed by atoms with van der Waals surface area (Å²) in [6.45, 7) is 5.38. The van der Waals surface area contributed by atoms with Crippen molar-refractivity contribution in [2.75, 3.05) is 11.1 Å². The molecule has 5 nitrogen and oxygen atoms in total. The van der Waals surface area contributed by atoms with E-state index in [1.165, 1.54) is 18.2 Å². The number of benzene rings is 1. The van der Waals surface area contributed by atoms with Crippen LogP contribution in [0.4, 0.5) is 15.2 Å². The fraction of sp³-hybridized carbons (Fsp3) is 0.308. The summed E-state index contributed by atoms with van der Waals surface area (Å²) in [5.74, 6) is -0.600. The average Bonchev–Trinajstić information content (AvgIpc) is 2.79. The highest BCUT2D eigenvalue weighted by molar-refractivity contribution is 7.18. The number of hydrogen-bond donors (Lipinski definition) is 2. The molecule has 3 N–H and O–H groups in total. The third-order valence-corrected chi connectivity index (χ3v) is 3.42. The van der Waals surface area contributed by atoms with E-state index in [-0.39, 0.29) is 11.5 Å². The van der Waals surface area contributed by atoms with E-state index in [0.29, 0.717) is 15.8 Å². The summed E-state index contributed by atoms with van der Waals surface area (Å²) in [4.78, 5) is 11.8. The van der Waals surface area contributed by atoms with Gasteiger partial charge in [-0.25, -0.2) is 4.39 Å². The fourth-order valence-electron chi connectivity index (χ4n) is 1.37. The number of anilines is 2. The number of amides is 1. The van der Waals surface area contributed by atoms with Crippen molar-refractivity contribution < 1.29 is 9.18 Å². The van der Waals surface area contributed by atoms with Gasteiger partial charge < -0.3 is 11.1 Å². The lowest BCUT2D eigenvalue weighted by molar-refractivity contribution is -0.123. The summed E-state index contributed by atoms with van der Waals surface area (Å²) >= 11 is 1.10. The number of aromatic nitrogens is 2. The minimum absolute atomic E-state index is 0.173. The van der Waals surface area contributed by atoms with Crippen LogP contribution in [-0.4, -0.2) is 16.1 Å². The molecule has 0 atom stereocenters. The molecule has 0 aliphatic carbocycles. The second-order valence-corrected chi connectivity index (χ2v) is 6.33. The quantitative estimate of drug-likeness (QED) is 0.834. The van der Waals surface area contributed by atoms with Gasteiger partial charge in [0.25, 0.3) is 0 Å². The van der Waals surface area contributed by atoms with Gasteiger partial charge in [0.1, 0.15) is 5.82 Å². The van der Waals surface area contributed by atoms with Crippen LogP contribution >= 0.6 is 11.3 Å². The molecular weight excluding hydrogens is 279 g/mol. The lowest BCUT2D eigenvalue weighted by Gasteiger charge is -2.15. The first-order chi connectivity index (χ1) is 9.27. The van der Waals surface area contributed by atoms with Crippen LogP contribution in [0.15, 0.2) is 18.2 Å². The molecule has 0 aliphatic rings. The first kappa shape index (κ1) is 14.4. The molecule has 7 heteroatoms. The van der Waals surface area contributed by atoms with Gasteiger partial charge in [-0.05, 0) is 18.2 Å². The topological polar surface area (TPSA) is 80.9 Å². The number of hydrogen-bond acceptors (Lipinski definition) is 5. The zero-order valence-electron chi connectivity index (χ0n) is 11.4. The van der Waals surface area contributed by atoms with E-state index in [4.69, 9.17) is 5.73 Å². The molecule has 0 bridgehead atoms. The van der Waals surface area contributed by atoms with Crippen LogP contribution in [-0.2, 0) is 4.79 Å². The molecule has 0 radical (unpaired) electrons. The molecule has 1 heterocycles. The minimum atomic E-state index is -0.533. The van der Waals surface area contributed by atoms with E-state index in [9.17, 15) is 9.18 Å². The highest BCUT2D eigenvalue weighted by Gasteiger charge is 2.23. The van der Waals surface area contributed by atoms with Crippen molar-refractivity contribution in [2.24, 2.45) is 5.41 Å². The molecule has 0 unspecified atom stereocenters. The normalized spacial score (nSPS) is 11.4. The van der Waals surface area contributed by atoms with E-state index in [0.717, 1.165) is 11.3 Å². The van der Waals surface area contributed by atoms with Gasteiger partial charge in [0.2, 0.25) is 11.0 Å². The van der Waals surface area contributed by atoms with E-state index in [1.54, 1.807) is 20.8 Å². The highest BCUT2D eigenvalue weighted by Crippen LogP contribution is 2.30. The largest absolute Gasteiger partial charge is 0.399 e. The van der Waals surface area contributed by atoms with Gasteiger partial charge in [0, 0.05) is 11.1 Å². The fourth-order valence-corrected chi connectivity index (χ4v) is 2.13. The second-order valence-electron chi connectivity index (χ2n) is 5.36. The second kappa shape index (κ2) is 5.16. The van der Waals surface area contributed by atoms with E-state index < -0.39 is 11.2 Å². The van der Waals surface area contributed by atoms with Crippen molar-refractivity contribution >= 4 is 28.1 Å². The number of carbonyl (C=O) groups excluding carboxylic acids is 1. The number of rotatable bonds is 2. The Kier molecular flexibility index (Phi) is 3.71. The monoisotopic (exact) mass is 294 g/mol. The Morgan fingerprint density at radius 3 is 2.70 bits per heavy atom. The molecule has 0 spiro atoms. The number of halogens is 1. The minimum Gasteiger partial charge on any atom is -0.399 e. The summed E-state index contributed by atoms with van der Waals surface area (Å²) < 4.78 is 13.7. The van der Waals surface area contributed by atoms with Crippen molar-refractivity contribution in [3.8, 4) is 10.6 Å². The number of nitrogens with zero attached hydrogens (tertiary/aromatic N) is 2. The van der Waals surface area contributed by atoms with Gasteiger partial charge in [0.15, 0.2) is 5.01 Å². The van der Waals surface area contributed by atoms with Gasteiger partial charge >= 0.3 is 0 Å². The number of nitrogens with two attached hydrogens (primary N) is 1. The molecule has 0 saturated carbocycles. The molecule has 0 aliphatic heterocycles. The maximum atomic E-state index is 13.7. The van der Waals surface area contributed by atoms with Gasteiger partial charge in [-0.15, -0.1) is 10.2 Å². The van der Waals surface area contributed by atoms with Crippen LogP contribution in [0.2, 0.25) is 0 Å². The summed E-state index contributed by atoms with van der Waals surface area (Å²) in [6.07, 6.45) is 0. The SMILES string of the molecule is CC(C)(C)C(=O)Nc1nnc(-c2cc(N)ccc2F)s1. The van der Waals surface area contributed by atoms with E-state index in [1.807, 2.05) is 0 Å². The molecule has 2 rings (SSSR count). The smallest absolute Gasteiger partial charge is 0.231 e. The molecule has 106 valence electrons. The first-order valence-corrected chi connectivity index (χ1v) is 6.79. The van der Waals surface area contributed by atoms with Crippen LogP contribution < -0.4 is 11.1 Å². The Bertz CT molecular complexity index is 648. The van der Waals surface area contributed by atoms with Gasteiger partial charge in [-0.1, -0.05) is 32.1 Å². The molecule has 1 amide bonds. The Morgan fingerprint density at radius 1 is 1.35 bits per heavy atom. The van der Waals surface area contributed by atoms with E-state index in [2.05, 4.69) is 15.5 Å². The Hall–Kier alpha value is -2.02. The third kappa shape index (κ3) is 3.11. The molecule has 20 heavy (non-hydrogen) atoms. The van der Waals surface area contributed by atoms with Crippen LogP contribution in [0.25, 0.3) is 10.6 Å². The summed E-state index contributed by atoms with van der Waals surface area (Å²) in [5, 5.41) is 11.1. The maximum absolute atomic E-state index is 13.7. The highest BCUT2D eigenvalue weighted by atomic mass is 32.1. The van der Waals surface area contributed by atoms with Crippen molar-refractivity contribution in [3.63, 3.8) is 0 Å². The molecule has 1 aromatic carbocycles. The predicted octanol–water partition coefficient (Wildman–Crippen LogP) is 2.91. The summed E-state index contributed by atoms with van der Waals surface area (Å²) in [5.41, 5.74) is 5.81. The number of nitrogens with one attached hydrogen (secondary N) is 1. The van der Waals surface area contributed by atoms with Crippen LogP contribution in [0, 0.1) is 11.2 Å². The molecule has 0 fully saturated rings. The van der Waals surface area contributed by atoms with Crippen molar-refractivity contribution in [1.82, 2.24) is 10.2 Å². The van der Waals surface area contributed by atoms with Crippen LogP contribution in [0.1, 0.15) is 20.8 Å². The molecule has 2 aromatic rings. The maximum Gasteiger partial charge on any atom is 0.231 e. The van der Waals surface area contributed by atoms with Crippen molar-refractivity contribution in [1.29, 1.82) is 0 Å². The Balaban J connectivity index is 2.25. The van der Waals surface area contributed by atoms with Crippen LogP contribution in [0.3, 0.4) is 0 Å². The first-order valence-electron chi connectivity index (χ1n) is 5.98.